The van der Waals surface area contributed by atoms with Crippen molar-refractivity contribution in [2.45, 2.75) is 13.3 Å². The van der Waals surface area contributed by atoms with E-state index in [1.165, 1.54) is 0 Å². The van der Waals surface area contributed by atoms with Gasteiger partial charge in [0.1, 0.15) is 0 Å². The topological polar surface area (TPSA) is 78.2 Å². The Morgan fingerprint density at radius 3 is 2.75 bits per heavy atom. The van der Waals surface area contributed by atoms with Gasteiger partial charge in [-0.15, -0.1) is 0 Å². The highest BCUT2D eigenvalue weighted by atomic mass is 35.5. The molecule has 108 valence electrons. The van der Waals surface area contributed by atoms with Gasteiger partial charge in [-0.05, 0) is 18.5 Å². The molecular weight excluding hydrogens is 280 g/mol. The summed E-state index contributed by atoms with van der Waals surface area (Å²) in [5.41, 5.74) is 0. The molecule has 1 fully saturated rings. The van der Waals surface area contributed by atoms with Crippen LogP contribution in [0.15, 0.2) is 0 Å². The molecule has 0 radical (unpaired) electrons. The molecule has 2 heterocycles. The van der Waals surface area contributed by atoms with Crippen LogP contribution in [0.5, 0.6) is 0 Å². The molecule has 2 rings (SSSR count). The Bertz CT molecular complexity index is 485. The Hall–Kier alpha value is -1.65. The summed E-state index contributed by atoms with van der Waals surface area (Å²) in [5.74, 6) is 1.09. The second-order valence-corrected chi connectivity index (χ2v) is 4.63. The fraction of sp³-hybridized carbons (Fsp3) is 0.667. The van der Waals surface area contributed by atoms with Gasteiger partial charge >= 0.3 is 0 Å². The molecule has 1 aliphatic rings. The molecule has 1 saturated heterocycles. The van der Waals surface area contributed by atoms with E-state index in [-0.39, 0.29) is 5.28 Å². The van der Waals surface area contributed by atoms with Crippen molar-refractivity contribution in [2.24, 2.45) is 0 Å². The third-order valence-electron chi connectivity index (χ3n) is 3.04. The summed E-state index contributed by atoms with van der Waals surface area (Å²) >= 11 is 5.99. The molecule has 0 amide bonds. The van der Waals surface area contributed by atoms with Gasteiger partial charge in [-0.1, -0.05) is 0 Å². The Kier molecular flexibility index (Phi) is 5.32. The summed E-state index contributed by atoms with van der Waals surface area (Å²) in [6, 6.07) is 2.12. The van der Waals surface area contributed by atoms with Crippen molar-refractivity contribution in [3.63, 3.8) is 0 Å². The average Bonchev–Trinajstić information content (AvgIpc) is 2.48. The minimum atomic E-state index is 0.173. The van der Waals surface area contributed by atoms with Crippen molar-refractivity contribution in [1.82, 2.24) is 15.0 Å². The maximum absolute atomic E-state index is 8.69. The predicted octanol–water partition coefficient (Wildman–Crippen LogP) is 1.10. The van der Waals surface area contributed by atoms with Crippen LogP contribution in [-0.2, 0) is 4.74 Å². The van der Waals surface area contributed by atoms with E-state index in [0.717, 1.165) is 13.1 Å². The Balaban J connectivity index is 2.20. The van der Waals surface area contributed by atoms with E-state index in [2.05, 4.69) is 21.0 Å². The van der Waals surface area contributed by atoms with E-state index in [4.69, 9.17) is 21.6 Å². The SMILES string of the molecule is CCN(CCC#N)c1nc(Cl)nc(N2CCOCC2)n1. The van der Waals surface area contributed by atoms with E-state index in [1.807, 2.05) is 16.7 Å². The lowest BCUT2D eigenvalue weighted by Crippen LogP contribution is -2.38. The summed E-state index contributed by atoms with van der Waals surface area (Å²) in [7, 11) is 0. The van der Waals surface area contributed by atoms with Gasteiger partial charge in [0, 0.05) is 26.2 Å². The first-order valence-corrected chi connectivity index (χ1v) is 6.98. The summed E-state index contributed by atoms with van der Waals surface area (Å²) in [6.07, 6.45) is 0.421. The van der Waals surface area contributed by atoms with Crippen LogP contribution in [0.3, 0.4) is 0 Å². The first-order valence-electron chi connectivity index (χ1n) is 6.60. The van der Waals surface area contributed by atoms with E-state index in [0.29, 0.717) is 44.6 Å². The second-order valence-electron chi connectivity index (χ2n) is 4.29. The van der Waals surface area contributed by atoms with Crippen molar-refractivity contribution in [3.05, 3.63) is 5.28 Å². The fourth-order valence-corrected chi connectivity index (χ4v) is 2.11. The summed E-state index contributed by atoms with van der Waals surface area (Å²) in [4.78, 5) is 16.7. The van der Waals surface area contributed by atoms with Crippen LogP contribution >= 0.6 is 11.6 Å². The van der Waals surface area contributed by atoms with Crippen molar-refractivity contribution in [1.29, 1.82) is 5.26 Å². The zero-order chi connectivity index (χ0) is 14.4. The number of halogens is 1. The standard InChI is InChI=1S/C12H17ClN6O/c1-2-18(5-3-4-14)11-15-10(13)16-12(17-11)19-6-8-20-9-7-19/h2-3,5-9H2,1H3. The molecule has 0 atom stereocenters. The maximum atomic E-state index is 8.69. The minimum Gasteiger partial charge on any atom is -0.378 e. The van der Waals surface area contributed by atoms with E-state index in [1.54, 1.807) is 0 Å². The van der Waals surface area contributed by atoms with Gasteiger partial charge in [-0.25, -0.2) is 0 Å². The molecule has 0 aromatic carbocycles. The van der Waals surface area contributed by atoms with Crippen LogP contribution < -0.4 is 9.80 Å². The number of aromatic nitrogens is 3. The first kappa shape index (κ1) is 14.8. The smallest absolute Gasteiger partial charge is 0.231 e. The highest BCUT2D eigenvalue weighted by Crippen LogP contribution is 2.17. The van der Waals surface area contributed by atoms with E-state index < -0.39 is 0 Å². The number of hydrogen-bond acceptors (Lipinski definition) is 7. The summed E-state index contributed by atoms with van der Waals surface area (Å²) in [5, 5.41) is 8.87. The van der Waals surface area contributed by atoms with Gasteiger partial charge < -0.3 is 14.5 Å². The van der Waals surface area contributed by atoms with Crippen LogP contribution in [0.4, 0.5) is 11.9 Å². The largest absolute Gasteiger partial charge is 0.378 e. The second kappa shape index (κ2) is 7.22. The quantitative estimate of drug-likeness (QED) is 0.805. The first-order chi connectivity index (χ1) is 9.74. The molecule has 1 aromatic heterocycles. The normalized spacial score (nSPS) is 14.9. The molecule has 1 aliphatic heterocycles. The molecule has 0 N–H and O–H groups in total. The Labute approximate surface area is 123 Å². The molecule has 0 spiro atoms. The van der Waals surface area contributed by atoms with Crippen LogP contribution in [0.2, 0.25) is 5.28 Å². The molecule has 1 aromatic rings. The highest BCUT2D eigenvalue weighted by Gasteiger charge is 2.18. The van der Waals surface area contributed by atoms with Crippen molar-refractivity contribution >= 4 is 23.5 Å². The number of anilines is 2. The zero-order valence-electron chi connectivity index (χ0n) is 11.4. The third kappa shape index (κ3) is 3.68. The average molecular weight is 297 g/mol. The lowest BCUT2D eigenvalue weighted by atomic mass is 10.4. The molecular formula is C12H17ClN6O. The fourth-order valence-electron chi connectivity index (χ4n) is 1.96. The number of hydrogen-bond donors (Lipinski definition) is 0. The van der Waals surface area contributed by atoms with Gasteiger partial charge in [0.2, 0.25) is 17.2 Å². The number of ether oxygens (including phenoxy) is 1. The molecule has 8 heteroatoms. The number of nitriles is 1. The molecule has 0 saturated carbocycles. The molecule has 20 heavy (non-hydrogen) atoms. The summed E-state index contributed by atoms with van der Waals surface area (Å²) in [6.45, 7) is 6.08. The lowest BCUT2D eigenvalue weighted by Gasteiger charge is -2.28. The maximum Gasteiger partial charge on any atom is 0.231 e. The van der Waals surface area contributed by atoms with Crippen molar-refractivity contribution in [3.8, 4) is 6.07 Å². The van der Waals surface area contributed by atoms with Crippen molar-refractivity contribution < 1.29 is 4.74 Å². The van der Waals surface area contributed by atoms with Crippen LogP contribution in [0.25, 0.3) is 0 Å². The Morgan fingerprint density at radius 2 is 2.10 bits per heavy atom. The van der Waals surface area contributed by atoms with Gasteiger partial charge in [0.15, 0.2) is 0 Å². The number of rotatable bonds is 5. The zero-order valence-corrected chi connectivity index (χ0v) is 12.2. The molecule has 7 nitrogen and oxygen atoms in total. The van der Waals surface area contributed by atoms with Gasteiger partial charge in [0.05, 0.1) is 25.7 Å². The van der Waals surface area contributed by atoms with Gasteiger partial charge in [0.25, 0.3) is 0 Å². The molecule has 0 unspecified atom stereocenters. The Morgan fingerprint density at radius 1 is 1.35 bits per heavy atom. The minimum absolute atomic E-state index is 0.173. The third-order valence-corrected chi connectivity index (χ3v) is 3.21. The lowest BCUT2D eigenvalue weighted by molar-refractivity contribution is 0.122. The van der Waals surface area contributed by atoms with Crippen LogP contribution in [0.1, 0.15) is 13.3 Å². The van der Waals surface area contributed by atoms with E-state index in [9.17, 15) is 0 Å². The predicted molar refractivity (Wildman–Crippen MR) is 76.0 cm³/mol. The van der Waals surface area contributed by atoms with Gasteiger partial charge in [-0.3, -0.25) is 0 Å². The number of nitrogens with zero attached hydrogens (tertiary/aromatic N) is 6. The highest BCUT2D eigenvalue weighted by molar-refractivity contribution is 6.28. The molecule has 0 aliphatic carbocycles. The van der Waals surface area contributed by atoms with Gasteiger partial charge in [-0.2, -0.15) is 20.2 Å². The van der Waals surface area contributed by atoms with E-state index >= 15 is 0 Å². The summed E-state index contributed by atoms with van der Waals surface area (Å²) < 4.78 is 5.31. The van der Waals surface area contributed by atoms with Crippen LogP contribution in [-0.4, -0.2) is 54.3 Å². The number of morpholine rings is 1. The molecule has 0 bridgehead atoms. The monoisotopic (exact) mass is 296 g/mol. The van der Waals surface area contributed by atoms with Crippen LogP contribution in [0, 0.1) is 11.3 Å². The van der Waals surface area contributed by atoms with Crippen molar-refractivity contribution in [2.75, 3.05) is 49.2 Å².